The molecule has 0 aliphatic heterocycles. The topological polar surface area (TPSA) is 104 Å². The monoisotopic (exact) mass is 544 g/mol. The SMILES string of the molecule is COC(=O)c1ccc(-c2nn(C(=O)c3c(C)cccc3C(F)(F)F)c3cc(C(=O)N(C)OC)cnc23)c(F)c1. The molecule has 0 spiro atoms. The molecule has 4 rings (SSSR count). The molecular weight excluding hydrogens is 524 g/mol. The van der Waals surface area contributed by atoms with Gasteiger partial charge < -0.3 is 4.74 Å². The molecule has 39 heavy (non-hydrogen) atoms. The van der Waals surface area contributed by atoms with Crippen molar-refractivity contribution in [3.05, 3.63) is 82.3 Å². The van der Waals surface area contributed by atoms with Crippen molar-refractivity contribution in [2.24, 2.45) is 0 Å². The van der Waals surface area contributed by atoms with Gasteiger partial charge in [0.25, 0.3) is 11.8 Å². The number of pyridine rings is 1. The van der Waals surface area contributed by atoms with Crippen LogP contribution in [0, 0.1) is 12.7 Å². The van der Waals surface area contributed by atoms with Crippen molar-refractivity contribution < 1.29 is 41.5 Å². The van der Waals surface area contributed by atoms with E-state index in [1.54, 1.807) is 0 Å². The fourth-order valence-electron chi connectivity index (χ4n) is 3.96. The highest BCUT2D eigenvalue weighted by molar-refractivity contribution is 6.06. The molecule has 9 nitrogen and oxygen atoms in total. The van der Waals surface area contributed by atoms with E-state index in [1.807, 2.05) is 0 Å². The summed E-state index contributed by atoms with van der Waals surface area (Å²) in [7, 11) is 3.69. The summed E-state index contributed by atoms with van der Waals surface area (Å²) in [6, 6.07) is 7.81. The van der Waals surface area contributed by atoms with Gasteiger partial charge in [0.2, 0.25) is 0 Å². The minimum absolute atomic E-state index is 0.0212. The molecule has 0 atom stereocenters. The minimum Gasteiger partial charge on any atom is -0.465 e. The number of hydrogen-bond acceptors (Lipinski definition) is 7. The van der Waals surface area contributed by atoms with E-state index in [0.29, 0.717) is 4.68 Å². The third kappa shape index (κ3) is 4.95. The lowest BCUT2D eigenvalue weighted by atomic mass is 10.0. The van der Waals surface area contributed by atoms with Gasteiger partial charge >= 0.3 is 12.1 Å². The Kier molecular flexibility index (Phi) is 7.20. The number of benzene rings is 2. The lowest BCUT2D eigenvalue weighted by molar-refractivity contribution is -0.138. The second-order valence-corrected chi connectivity index (χ2v) is 8.32. The highest BCUT2D eigenvalue weighted by Crippen LogP contribution is 2.35. The first-order chi connectivity index (χ1) is 18.4. The van der Waals surface area contributed by atoms with Gasteiger partial charge in [0.1, 0.15) is 17.0 Å². The molecule has 0 N–H and O–H groups in total. The first-order valence-corrected chi connectivity index (χ1v) is 11.2. The van der Waals surface area contributed by atoms with Crippen LogP contribution < -0.4 is 0 Å². The number of fused-ring (bicyclic) bond motifs is 1. The average molecular weight is 544 g/mol. The Hall–Kier alpha value is -4.65. The Morgan fingerprint density at radius 2 is 1.74 bits per heavy atom. The zero-order valence-electron chi connectivity index (χ0n) is 21.0. The number of esters is 1. The molecular formula is C26H20F4N4O5. The molecule has 0 saturated heterocycles. The van der Waals surface area contributed by atoms with Crippen molar-refractivity contribution in [1.82, 2.24) is 19.8 Å². The van der Waals surface area contributed by atoms with E-state index in [0.717, 1.165) is 30.5 Å². The van der Waals surface area contributed by atoms with Gasteiger partial charge in [-0.15, -0.1) is 0 Å². The van der Waals surface area contributed by atoms with Crippen molar-refractivity contribution in [3.63, 3.8) is 0 Å². The largest absolute Gasteiger partial charge is 0.465 e. The summed E-state index contributed by atoms with van der Waals surface area (Å²) in [6.07, 6.45) is -3.73. The molecule has 2 aromatic carbocycles. The standard InChI is InChI=1S/C26H20F4N4O5/c1-13-6-5-7-17(26(28,29)30)20(13)24(36)34-19-11-15(23(35)33(2)39-4)12-31-22(19)21(32-34)16-9-8-14(10-18(16)27)25(37)38-3/h5-12H,1-4H3. The average Bonchev–Trinajstić information content (AvgIpc) is 3.29. The Bertz CT molecular complexity index is 1630. The van der Waals surface area contributed by atoms with Crippen LogP contribution in [0.5, 0.6) is 0 Å². The van der Waals surface area contributed by atoms with E-state index < -0.39 is 40.9 Å². The second kappa shape index (κ2) is 10.3. The van der Waals surface area contributed by atoms with Crippen LogP contribution in [0.3, 0.4) is 0 Å². The highest BCUT2D eigenvalue weighted by Gasteiger charge is 2.37. The minimum atomic E-state index is -4.86. The van der Waals surface area contributed by atoms with Gasteiger partial charge in [0.15, 0.2) is 0 Å². The van der Waals surface area contributed by atoms with Crippen molar-refractivity contribution in [2.75, 3.05) is 21.3 Å². The molecule has 2 heterocycles. The first kappa shape index (κ1) is 27.4. The van der Waals surface area contributed by atoms with Gasteiger partial charge in [0.05, 0.1) is 42.0 Å². The van der Waals surface area contributed by atoms with E-state index in [1.165, 1.54) is 51.4 Å². The molecule has 0 radical (unpaired) electrons. The number of ether oxygens (including phenoxy) is 1. The fourth-order valence-corrected chi connectivity index (χ4v) is 3.96. The summed E-state index contributed by atoms with van der Waals surface area (Å²) in [6.45, 7) is 1.33. The number of halogens is 4. The van der Waals surface area contributed by atoms with Crippen LogP contribution in [0.2, 0.25) is 0 Å². The van der Waals surface area contributed by atoms with E-state index in [4.69, 9.17) is 4.84 Å². The van der Waals surface area contributed by atoms with Gasteiger partial charge in [-0.1, -0.05) is 12.1 Å². The first-order valence-electron chi connectivity index (χ1n) is 11.2. The van der Waals surface area contributed by atoms with Crippen molar-refractivity contribution >= 4 is 28.8 Å². The molecule has 0 saturated carbocycles. The third-order valence-corrected chi connectivity index (χ3v) is 5.96. The molecule has 0 fully saturated rings. The van der Waals surface area contributed by atoms with Crippen molar-refractivity contribution in [1.29, 1.82) is 0 Å². The van der Waals surface area contributed by atoms with Crippen LogP contribution in [0.1, 0.15) is 42.2 Å². The number of methoxy groups -OCH3 is 1. The number of carbonyl (C=O) groups excluding carboxylic acids is 3. The molecule has 202 valence electrons. The zero-order chi connectivity index (χ0) is 28.6. The molecule has 4 aromatic rings. The second-order valence-electron chi connectivity index (χ2n) is 8.32. The van der Waals surface area contributed by atoms with Gasteiger partial charge in [-0.05, 0) is 42.8 Å². The van der Waals surface area contributed by atoms with E-state index in [2.05, 4.69) is 14.8 Å². The zero-order valence-corrected chi connectivity index (χ0v) is 21.0. The molecule has 0 bridgehead atoms. The van der Waals surface area contributed by atoms with Gasteiger partial charge in [-0.2, -0.15) is 23.0 Å². The normalized spacial score (nSPS) is 11.5. The fraction of sp³-hybridized carbons (Fsp3) is 0.192. The summed E-state index contributed by atoms with van der Waals surface area (Å²) in [5.41, 5.74) is -2.64. The summed E-state index contributed by atoms with van der Waals surface area (Å²) in [4.78, 5) is 47.2. The third-order valence-electron chi connectivity index (χ3n) is 5.96. The summed E-state index contributed by atoms with van der Waals surface area (Å²) < 4.78 is 61.8. The van der Waals surface area contributed by atoms with E-state index >= 15 is 4.39 Å². The number of rotatable bonds is 5. The van der Waals surface area contributed by atoms with Gasteiger partial charge in [-0.25, -0.2) is 14.2 Å². The molecule has 0 aliphatic rings. The van der Waals surface area contributed by atoms with E-state index in [-0.39, 0.29) is 39.0 Å². The number of hydroxylamine groups is 2. The molecule has 0 aliphatic carbocycles. The number of hydrogen-bond donors (Lipinski definition) is 0. The van der Waals surface area contributed by atoms with Crippen LogP contribution in [0.25, 0.3) is 22.3 Å². The molecule has 0 unspecified atom stereocenters. The number of aryl methyl sites for hydroxylation is 1. The lowest BCUT2D eigenvalue weighted by Gasteiger charge is -2.15. The van der Waals surface area contributed by atoms with Crippen LogP contribution >= 0.6 is 0 Å². The van der Waals surface area contributed by atoms with Gasteiger partial charge in [0, 0.05) is 18.8 Å². The maximum atomic E-state index is 15.1. The molecule has 2 aromatic heterocycles. The summed E-state index contributed by atoms with van der Waals surface area (Å²) >= 11 is 0. The quantitative estimate of drug-likeness (QED) is 0.204. The lowest BCUT2D eigenvalue weighted by Crippen LogP contribution is -2.25. The van der Waals surface area contributed by atoms with Crippen LogP contribution in [-0.4, -0.2) is 58.9 Å². The summed E-state index contributed by atoms with van der Waals surface area (Å²) in [5.74, 6) is -3.57. The Morgan fingerprint density at radius 3 is 2.36 bits per heavy atom. The predicted octanol–water partition coefficient (Wildman–Crippen LogP) is 4.67. The molecule has 13 heteroatoms. The maximum absolute atomic E-state index is 15.1. The van der Waals surface area contributed by atoms with E-state index in [9.17, 15) is 27.6 Å². The number of nitrogens with zero attached hydrogens (tertiary/aromatic N) is 4. The van der Waals surface area contributed by atoms with Crippen molar-refractivity contribution in [3.8, 4) is 11.3 Å². The van der Waals surface area contributed by atoms with Crippen LogP contribution in [0.15, 0.2) is 48.7 Å². The number of aromatic nitrogens is 3. The van der Waals surface area contributed by atoms with Gasteiger partial charge in [-0.3, -0.25) is 19.4 Å². The number of amides is 1. The maximum Gasteiger partial charge on any atom is 0.417 e. The number of alkyl halides is 3. The molecule has 1 amide bonds. The smallest absolute Gasteiger partial charge is 0.417 e. The van der Waals surface area contributed by atoms with Crippen LogP contribution in [-0.2, 0) is 15.8 Å². The van der Waals surface area contributed by atoms with Crippen LogP contribution in [0.4, 0.5) is 17.6 Å². The van der Waals surface area contributed by atoms with Crippen molar-refractivity contribution in [2.45, 2.75) is 13.1 Å². The summed E-state index contributed by atoms with van der Waals surface area (Å²) in [5, 5.41) is 5.02. The Morgan fingerprint density at radius 1 is 1.03 bits per heavy atom. The Balaban J connectivity index is 2.00. The Labute approximate surface area is 218 Å². The number of carbonyl (C=O) groups is 3. The highest BCUT2D eigenvalue weighted by atomic mass is 19.4. The predicted molar refractivity (Wildman–Crippen MR) is 129 cm³/mol.